The van der Waals surface area contributed by atoms with Crippen molar-refractivity contribution in [3.8, 4) is 0 Å². The summed E-state index contributed by atoms with van der Waals surface area (Å²) in [7, 11) is 0. The quantitative estimate of drug-likeness (QED) is 0.872. The minimum atomic E-state index is -0.489. The second-order valence-corrected chi connectivity index (χ2v) is 5.29. The van der Waals surface area contributed by atoms with Gasteiger partial charge in [0, 0.05) is 6.54 Å². The van der Waals surface area contributed by atoms with Crippen LogP contribution in [0.1, 0.15) is 25.5 Å². The summed E-state index contributed by atoms with van der Waals surface area (Å²) in [5.41, 5.74) is 0. The number of imide groups is 1. The van der Waals surface area contributed by atoms with Crippen LogP contribution in [0.15, 0.2) is 22.8 Å². The van der Waals surface area contributed by atoms with Gasteiger partial charge < -0.3 is 9.73 Å². The molecule has 1 atom stereocenters. The first-order chi connectivity index (χ1) is 9.63. The van der Waals surface area contributed by atoms with Gasteiger partial charge in [0.25, 0.3) is 0 Å². The van der Waals surface area contributed by atoms with E-state index in [0.29, 0.717) is 11.7 Å². The number of carbonyl (C=O) groups is 2. The third kappa shape index (κ3) is 4.70. The van der Waals surface area contributed by atoms with E-state index in [2.05, 4.69) is 22.5 Å². The molecule has 1 aromatic heterocycles. The van der Waals surface area contributed by atoms with Gasteiger partial charge in [0.15, 0.2) is 0 Å². The van der Waals surface area contributed by atoms with Crippen molar-refractivity contribution >= 4 is 11.9 Å². The lowest BCUT2D eigenvalue weighted by atomic mass is 10.0. The van der Waals surface area contributed by atoms with E-state index < -0.39 is 6.03 Å². The Hall–Kier alpha value is -1.82. The highest BCUT2D eigenvalue weighted by Crippen LogP contribution is 2.14. The standard InChI is InChI=1S/C14H21N3O3/c1-11-4-2-6-17(9-11)10-13(18)16-14(19)15-8-12-5-3-7-20-12/h3,5,7,11H,2,4,6,8-10H2,1H3,(H2,15,16,18,19)/t11-/m0/s1. The number of carbonyl (C=O) groups excluding carboxylic acids is 2. The third-order valence-corrected chi connectivity index (χ3v) is 3.36. The average Bonchev–Trinajstić information content (AvgIpc) is 2.89. The molecule has 20 heavy (non-hydrogen) atoms. The first-order valence-corrected chi connectivity index (χ1v) is 6.96. The van der Waals surface area contributed by atoms with Crippen LogP contribution >= 0.6 is 0 Å². The number of furan rings is 1. The summed E-state index contributed by atoms with van der Waals surface area (Å²) in [6.07, 6.45) is 3.86. The maximum Gasteiger partial charge on any atom is 0.321 e. The number of piperidine rings is 1. The van der Waals surface area contributed by atoms with Crippen molar-refractivity contribution in [2.24, 2.45) is 5.92 Å². The van der Waals surface area contributed by atoms with Gasteiger partial charge >= 0.3 is 6.03 Å². The van der Waals surface area contributed by atoms with Crippen LogP contribution in [-0.4, -0.2) is 36.5 Å². The lowest BCUT2D eigenvalue weighted by Crippen LogP contribution is -2.46. The second-order valence-electron chi connectivity index (χ2n) is 5.29. The number of hydrogen-bond acceptors (Lipinski definition) is 4. The Kier molecular flexibility index (Phi) is 5.17. The summed E-state index contributed by atoms with van der Waals surface area (Å²) in [4.78, 5) is 25.4. The van der Waals surface area contributed by atoms with Gasteiger partial charge in [-0.25, -0.2) is 4.79 Å². The minimum absolute atomic E-state index is 0.268. The molecule has 0 aliphatic carbocycles. The van der Waals surface area contributed by atoms with E-state index in [1.54, 1.807) is 12.1 Å². The zero-order valence-corrected chi connectivity index (χ0v) is 11.7. The highest BCUT2D eigenvalue weighted by Gasteiger charge is 2.19. The number of likely N-dealkylation sites (tertiary alicyclic amines) is 1. The molecule has 3 amide bonds. The molecular formula is C14H21N3O3. The average molecular weight is 279 g/mol. The number of rotatable bonds is 4. The van der Waals surface area contributed by atoms with Crippen LogP contribution in [0.2, 0.25) is 0 Å². The van der Waals surface area contributed by atoms with Gasteiger partial charge in [-0.05, 0) is 37.4 Å². The Morgan fingerprint density at radius 1 is 1.50 bits per heavy atom. The molecular weight excluding hydrogens is 258 g/mol. The zero-order chi connectivity index (χ0) is 14.4. The van der Waals surface area contributed by atoms with Crippen LogP contribution in [0.4, 0.5) is 4.79 Å². The van der Waals surface area contributed by atoms with Gasteiger partial charge in [-0.1, -0.05) is 6.92 Å². The number of nitrogens with zero attached hydrogens (tertiary/aromatic N) is 1. The van der Waals surface area contributed by atoms with Crippen molar-refractivity contribution in [2.75, 3.05) is 19.6 Å². The van der Waals surface area contributed by atoms with Crippen molar-refractivity contribution < 1.29 is 14.0 Å². The number of hydrogen-bond donors (Lipinski definition) is 2. The van der Waals surface area contributed by atoms with E-state index in [1.807, 2.05) is 0 Å². The van der Waals surface area contributed by atoms with Gasteiger partial charge in [0.1, 0.15) is 5.76 Å². The molecule has 0 saturated carbocycles. The second kappa shape index (κ2) is 7.09. The normalized spacial score (nSPS) is 19.6. The zero-order valence-electron chi connectivity index (χ0n) is 11.7. The fourth-order valence-corrected chi connectivity index (χ4v) is 2.42. The van der Waals surface area contributed by atoms with Gasteiger partial charge in [-0.15, -0.1) is 0 Å². The summed E-state index contributed by atoms with van der Waals surface area (Å²) in [5, 5.41) is 4.91. The Bertz CT molecular complexity index is 445. The Labute approximate surface area is 118 Å². The summed E-state index contributed by atoms with van der Waals surface area (Å²) in [6, 6.07) is 3.02. The lowest BCUT2D eigenvalue weighted by molar-refractivity contribution is -0.121. The maximum atomic E-state index is 11.8. The van der Waals surface area contributed by atoms with Gasteiger partial charge in [0.05, 0.1) is 19.4 Å². The Balaban J connectivity index is 1.67. The van der Waals surface area contributed by atoms with E-state index in [0.717, 1.165) is 19.5 Å². The predicted octanol–water partition coefficient (Wildman–Crippen LogP) is 1.34. The summed E-state index contributed by atoms with van der Waals surface area (Å²) in [6.45, 7) is 4.57. The monoisotopic (exact) mass is 279 g/mol. The number of nitrogens with one attached hydrogen (secondary N) is 2. The van der Waals surface area contributed by atoms with Gasteiger partial charge in [-0.2, -0.15) is 0 Å². The highest BCUT2D eigenvalue weighted by atomic mass is 16.3. The Morgan fingerprint density at radius 2 is 2.35 bits per heavy atom. The highest BCUT2D eigenvalue weighted by molar-refractivity contribution is 5.95. The van der Waals surface area contributed by atoms with Crippen LogP contribution in [0.5, 0.6) is 0 Å². The SMILES string of the molecule is C[C@H]1CCCN(CC(=O)NC(=O)NCc2ccco2)C1. The van der Waals surface area contributed by atoms with E-state index in [9.17, 15) is 9.59 Å². The molecule has 1 saturated heterocycles. The first-order valence-electron chi connectivity index (χ1n) is 6.96. The molecule has 6 heteroatoms. The molecule has 0 bridgehead atoms. The molecule has 6 nitrogen and oxygen atoms in total. The van der Waals surface area contributed by atoms with E-state index in [1.165, 1.54) is 12.7 Å². The van der Waals surface area contributed by atoms with Crippen molar-refractivity contribution in [3.05, 3.63) is 24.2 Å². The van der Waals surface area contributed by atoms with Gasteiger partial charge in [0.2, 0.25) is 5.91 Å². The lowest BCUT2D eigenvalue weighted by Gasteiger charge is -2.29. The molecule has 2 rings (SSSR count). The van der Waals surface area contributed by atoms with Crippen molar-refractivity contribution in [2.45, 2.75) is 26.3 Å². The molecule has 1 fully saturated rings. The molecule has 1 aliphatic rings. The predicted molar refractivity (Wildman–Crippen MR) is 73.9 cm³/mol. The van der Waals surface area contributed by atoms with Crippen LogP contribution in [0, 0.1) is 5.92 Å². The summed E-state index contributed by atoms with van der Waals surface area (Å²) >= 11 is 0. The summed E-state index contributed by atoms with van der Waals surface area (Å²) < 4.78 is 5.09. The fourth-order valence-electron chi connectivity index (χ4n) is 2.42. The summed E-state index contributed by atoms with van der Waals surface area (Å²) in [5.74, 6) is 0.998. The topological polar surface area (TPSA) is 74.6 Å². The fraction of sp³-hybridized carbons (Fsp3) is 0.571. The third-order valence-electron chi connectivity index (χ3n) is 3.36. The van der Waals surface area contributed by atoms with Crippen LogP contribution < -0.4 is 10.6 Å². The van der Waals surface area contributed by atoms with Crippen molar-refractivity contribution in [3.63, 3.8) is 0 Å². The first kappa shape index (κ1) is 14.6. The van der Waals surface area contributed by atoms with Crippen LogP contribution in [0.25, 0.3) is 0 Å². The van der Waals surface area contributed by atoms with E-state index >= 15 is 0 Å². The molecule has 1 aliphatic heterocycles. The molecule has 110 valence electrons. The van der Waals surface area contributed by atoms with Crippen molar-refractivity contribution in [1.82, 2.24) is 15.5 Å². The number of urea groups is 1. The maximum absolute atomic E-state index is 11.8. The molecule has 0 unspecified atom stereocenters. The van der Waals surface area contributed by atoms with Crippen LogP contribution in [0.3, 0.4) is 0 Å². The largest absolute Gasteiger partial charge is 0.467 e. The molecule has 0 aromatic carbocycles. The van der Waals surface area contributed by atoms with Crippen LogP contribution in [-0.2, 0) is 11.3 Å². The molecule has 1 aromatic rings. The number of amides is 3. The van der Waals surface area contributed by atoms with E-state index in [4.69, 9.17) is 4.42 Å². The minimum Gasteiger partial charge on any atom is -0.467 e. The molecule has 2 N–H and O–H groups in total. The Morgan fingerprint density at radius 3 is 3.05 bits per heavy atom. The molecule has 0 spiro atoms. The molecule has 0 radical (unpaired) electrons. The van der Waals surface area contributed by atoms with Gasteiger partial charge in [-0.3, -0.25) is 15.0 Å². The smallest absolute Gasteiger partial charge is 0.321 e. The van der Waals surface area contributed by atoms with E-state index in [-0.39, 0.29) is 19.0 Å². The molecule has 2 heterocycles. The van der Waals surface area contributed by atoms with Crippen molar-refractivity contribution in [1.29, 1.82) is 0 Å².